The molecule has 2 fully saturated rings. The van der Waals surface area contributed by atoms with E-state index in [0.717, 1.165) is 33.4 Å². The molecule has 0 amide bonds. The van der Waals surface area contributed by atoms with Crippen molar-refractivity contribution in [1.82, 2.24) is 0 Å². The van der Waals surface area contributed by atoms with Gasteiger partial charge in [0.2, 0.25) is 0 Å². The molecule has 0 aliphatic carbocycles. The van der Waals surface area contributed by atoms with Crippen LogP contribution in [0.15, 0.2) is 28.7 Å². The minimum absolute atomic E-state index is 0.273. The van der Waals surface area contributed by atoms with Crippen LogP contribution in [-0.4, -0.2) is 16.3 Å². The molecule has 2 aliphatic rings. The first-order valence-electron chi connectivity index (χ1n) is 6.17. The fourth-order valence-electron chi connectivity index (χ4n) is 2.92. The van der Waals surface area contributed by atoms with Gasteiger partial charge in [0.05, 0.1) is 0 Å². The zero-order valence-corrected chi connectivity index (χ0v) is 12.0. The Bertz CT molecular complexity index is 416. The third-order valence-electron chi connectivity index (χ3n) is 3.79. The zero-order chi connectivity index (χ0) is 11.8. The van der Waals surface area contributed by atoms with E-state index in [9.17, 15) is 4.79 Å². The van der Waals surface area contributed by atoms with Crippen molar-refractivity contribution in [3.8, 4) is 0 Å². The summed E-state index contributed by atoms with van der Waals surface area (Å²) >= 11 is 5.52. The number of carbonyl (C=O) groups is 1. The van der Waals surface area contributed by atoms with Crippen molar-refractivity contribution in [1.29, 1.82) is 0 Å². The number of carbonyl (C=O) groups excluding carboxylic acids is 1. The minimum Gasteiger partial charge on any atom is -0.294 e. The topological polar surface area (TPSA) is 17.1 Å². The zero-order valence-electron chi connectivity index (χ0n) is 9.56. The van der Waals surface area contributed by atoms with Gasteiger partial charge in [-0.25, -0.2) is 0 Å². The highest BCUT2D eigenvalue weighted by Gasteiger charge is 2.37. The second-order valence-corrected chi connectivity index (χ2v) is 7.52. The predicted octanol–water partition coefficient (Wildman–Crippen LogP) is 4.31. The van der Waals surface area contributed by atoms with Gasteiger partial charge in [0.1, 0.15) is 0 Å². The van der Waals surface area contributed by atoms with Gasteiger partial charge in [-0.05, 0) is 37.8 Å². The van der Waals surface area contributed by atoms with Crippen LogP contribution >= 0.6 is 27.7 Å². The highest BCUT2D eigenvalue weighted by molar-refractivity contribution is 9.10. The lowest BCUT2D eigenvalue weighted by Crippen LogP contribution is -2.24. The molecule has 0 radical (unpaired) electrons. The van der Waals surface area contributed by atoms with Crippen LogP contribution < -0.4 is 0 Å². The summed E-state index contributed by atoms with van der Waals surface area (Å²) in [5.74, 6) is 0.629. The van der Waals surface area contributed by atoms with Crippen molar-refractivity contribution >= 4 is 33.5 Å². The summed E-state index contributed by atoms with van der Waals surface area (Å²) in [4.78, 5) is 12.4. The minimum atomic E-state index is 0.273. The Morgan fingerprint density at radius 3 is 2.29 bits per heavy atom. The van der Waals surface area contributed by atoms with Gasteiger partial charge in [-0.2, -0.15) is 11.8 Å². The van der Waals surface area contributed by atoms with Crippen LogP contribution in [0.2, 0.25) is 0 Å². The summed E-state index contributed by atoms with van der Waals surface area (Å²) in [5.41, 5.74) is 0.879. The van der Waals surface area contributed by atoms with Crippen molar-refractivity contribution in [3.63, 3.8) is 0 Å². The molecule has 0 N–H and O–H groups in total. The molecule has 3 heteroatoms. The van der Waals surface area contributed by atoms with Gasteiger partial charge in [0.25, 0.3) is 0 Å². The van der Waals surface area contributed by atoms with E-state index in [4.69, 9.17) is 0 Å². The van der Waals surface area contributed by atoms with E-state index in [-0.39, 0.29) is 5.92 Å². The van der Waals surface area contributed by atoms with E-state index in [2.05, 4.69) is 27.7 Å². The number of hydrogen-bond donors (Lipinski definition) is 0. The lowest BCUT2D eigenvalue weighted by Gasteiger charge is -2.26. The lowest BCUT2D eigenvalue weighted by molar-refractivity contribution is 0.0907. The Balaban J connectivity index is 1.76. The van der Waals surface area contributed by atoms with E-state index >= 15 is 0 Å². The second-order valence-electron chi connectivity index (χ2n) is 5.00. The number of halogens is 1. The van der Waals surface area contributed by atoms with Gasteiger partial charge >= 0.3 is 0 Å². The molecule has 2 aliphatic heterocycles. The third kappa shape index (κ3) is 2.45. The maximum Gasteiger partial charge on any atom is 0.166 e. The van der Waals surface area contributed by atoms with Crippen molar-refractivity contribution in [2.24, 2.45) is 5.92 Å². The summed E-state index contributed by atoms with van der Waals surface area (Å²) in [7, 11) is 0. The summed E-state index contributed by atoms with van der Waals surface area (Å²) in [6, 6.07) is 7.80. The van der Waals surface area contributed by atoms with Gasteiger partial charge in [0.15, 0.2) is 5.78 Å². The van der Waals surface area contributed by atoms with Gasteiger partial charge in [0, 0.05) is 26.5 Å². The van der Waals surface area contributed by atoms with Crippen LogP contribution in [0, 0.1) is 5.92 Å². The Morgan fingerprint density at radius 2 is 1.71 bits per heavy atom. The normalized spacial score (nSPS) is 31.5. The highest BCUT2D eigenvalue weighted by Crippen LogP contribution is 2.46. The molecule has 1 aromatic rings. The molecule has 2 atom stereocenters. The van der Waals surface area contributed by atoms with Crippen LogP contribution in [0.3, 0.4) is 0 Å². The number of rotatable bonds is 2. The molecule has 1 aromatic carbocycles. The average Bonchev–Trinajstić information content (AvgIpc) is 2.68. The third-order valence-corrected chi connectivity index (χ3v) is 5.94. The summed E-state index contributed by atoms with van der Waals surface area (Å²) in [5, 5.41) is 1.50. The standard InChI is InChI=1S/C14H15BrOS/c15-11-3-1-9(2-4-11)14(16)10-7-12-5-6-13(8-10)17-12/h1-4,10,12-13H,5-8H2. The average molecular weight is 311 g/mol. The van der Waals surface area contributed by atoms with E-state index in [1.807, 2.05) is 24.3 Å². The lowest BCUT2D eigenvalue weighted by atomic mass is 9.90. The summed E-state index contributed by atoms with van der Waals surface area (Å²) < 4.78 is 1.04. The molecule has 17 heavy (non-hydrogen) atoms. The smallest absolute Gasteiger partial charge is 0.166 e. The first kappa shape index (κ1) is 11.8. The van der Waals surface area contributed by atoms with Crippen molar-refractivity contribution < 1.29 is 4.79 Å². The van der Waals surface area contributed by atoms with E-state index in [1.54, 1.807) is 0 Å². The fraction of sp³-hybridized carbons (Fsp3) is 0.500. The summed E-state index contributed by atoms with van der Waals surface area (Å²) in [6.45, 7) is 0. The van der Waals surface area contributed by atoms with Gasteiger partial charge in [-0.3, -0.25) is 4.79 Å². The van der Waals surface area contributed by atoms with E-state index < -0.39 is 0 Å². The molecule has 0 spiro atoms. The molecule has 1 nitrogen and oxygen atoms in total. The molecular weight excluding hydrogens is 296 g/mol. The molecule has 2 bridgehead atoms. The summed E-state index contributed by atoms with van der Waals surface area (Å²) in [6.07, 6.45) is 4.82. The Morgan fingerprint density at radius 1 is 1.12 bits per heavy atom. The molecule has 90 valence electrons. The van der Waals surface area contributed by atoms with Crippen molar-refractivity contribution in [3.05, 3.63) is 34.3 Å². The first-order chi connectivity index (χ1) is 8.22. The van der Waals surface area contributed by atoms with Gasteiger partial charge in [-0.15, -0.1) is 0 Å². The fourth-order valence-corrected chi connectivity index (χ4v) is 4.96. The number of hydrogen-bond acceptors (Lipinski definition) is 2. The number of benzene rings is 1. The number of ketones is 1. The molecular formula is C14H15BrOS. The van der Waals surface area contributed by atoms with Crippen LogP contribution in [0.5, 0.6) is 0 Å². The van der Waals surface area contributed by atoms with E-state index in [1.165, 1.54) is 12.8 Å². The quantitative estimate of drug-likeness (QED) is 0.757. The second kappa shape index (κ2) is 4.77. The molecule has 2 heterocycles. The first-order valence-corrected chi connectivity index (χ1v) is 7.91. The maximum absolute atomic E-state index is 12.4. The molecule has 2 unspecified atom stereocenters. The van der Waals surface area contributed by atoms with Crippen LogP contribution in [-0.2, 0) is 0 Å². The van der Waals surface area contributed by atoms with Crippen LogP contribution in [0.1, 0.15) is 36.0 Å². The monoisotopic (exact) mass is 310 g/mol. The SMILES string of the molecule is O=C(c1ccc(Br)cc1)C1CC2CCC(C1)S2. The molecule has 0 saturated carbocycles. The van der Waals surface area contributed by atoms with Crippen molar-refractivity contribution in [2.45, 2.75) is 36.2 Å². The molecule has 3 rings (SSSR count). The van der Waals surface area contributed by atoms with Gasteiger partial charge in [-0.1, -0.05) is 28.1 Å². The van der Waals surface area contributed by atoms with Crippen molar-refractivity contribution in [2.75, 3.05) is 0 Å². The molecule has 2 saturated heterocycles. The Labute approximate surface area is 114 Å². The molecule has 0 aromatic heterocycles. The highest BCUT2D eigenvalue weighted by atomic mass is 79.9. The predicted molar refractivity (Wildman–Crippen MR) is 75.6 cm³/mol. The van der Waals surface area contributed by atoms with Crippen LogP contribution in [0.4, 0.5) is 0 Å². The maximum atomic E-state index is 12.4. The Kier molecular flexibility index (Phi) is 3.31. The number of thioether (sulfide) groups is 1. The number of fused-ring (bicyclic) bond motifs is 2. The van der Waals surface area contributed by atoms with Gasteiger partial charge < -0.3 is 0 Å². The van der Waals surface area contributed by atoms with Crippen LogP contribution in [0.25, 0.3) is 0 Å². The largest absolute Gasteiger partial charge is 0.294 e. The Hall–Kier alpha value is -0.280. The number of Topliss-reactive ketones (excluding diaryl/α,β-unsaturated/α-hetero) is 1. The van der Waals surface area contributed by atoms with E-state index in [0.29, 0.717) is 5.78 Å².